The summed E-state index contributed by atoms with van der Waals surface area (Å²) in [5.74, 6) is 0.250. The molecule has 1 aromatic heterocycles. The standard InChI is InChI=1S/C17H21FN2O3S/c18-14-5-2-6-15-17(14)16(9-19-15)24(21,22)20-7-8-23-11-13(10-20)12-3-1-4-12/h2,5-6,9,12-13,19H,1,3-4,7-8,10-11H2. The predicted octanol–water partition coefficient (Wildman–Crippen LogP) is 2.74. The molecule has 0 amide bonds. The molecule has 1 atom stereocenters. The lowest BCUT2D eigenvalue weighted by Gasteiger charge is -2.34. The number of benzene rings is 1. The fourth-order valence-electron chi connectivity index (χ4n) is 3.67. The van der Waals surface area contributed by atoms with Gasteiger partial charge in [-0.3, -0.25) is 0 Å². The van der Waals surface area contributed by atoms with Crippen molar-refractivity contribution in [3.63, 3.8) is 0 Å². The Morgan fingerprint density at radius 1 is 1.25 bits per heavy atom. The number of H-pyrrole nitrogens is 1. The third-order valence-corrected chi connectivity index (χ3v) is 7.20. The molecule has 0 spiro atoms. The Balaban J connectivity index is 1.70. The molecule has 5 nitrogen and oxygen atoms in total. The molecule has 1 unspecified atom stereocenters. The van der Waals surface area contributed by atoms with Gasteiger partial charge in [0.15, 0.2) is 0 Å². The van der Waals surface area contributed by atoms with Crippen LogP contribution in [0.3, 0.4) is 0 Å². The van der Waals surface area contributed by atoms with Gasteiger partial charge in [-0.15, -0.1) is 0 Å². The average Bonchev–Trinajstić information content (AvgIpc) is 2.80. The van der Waals surface area contributed by atoms with Crippen LogP contribution < -0.4 is 0 Å². The van der Waals surface area contributed by atoms with E-state index in [1.807, 2.05) is 0 Å². The van der Waals surface area contributed by atoms with Crippen LogP contribution in [0.4, 0.5) is 4.39 Å². The topological polar surface area (TPSA) is 62.4 Å². The molecular weight excluding hydrogens is 331 g/mol. The number of aromatic amines is 1. The first kappa shape index (κ1) is 16.1. The monoisotopic (exact) mass is 352 g/mol. The van der Waals surface area contributed by atoms with E-state index in [1.165, 1.54) is 23.0 Å². The Morgan fingerprint density at radius 2 is 2.08 bits per heavy atom. The quantitative estimate of drug-likeness (QED) is 0.924. The van der Waals surface area contributed by atoms with Crippen LogP contribution in [0.2, 0.25) is 0 Å². The van der Waals surface area contributed by atoms with Crippen LogP contribution >= 0.6 is 0 Å². The lowest BCUT2D eigenvalue weighted by molar-refractivity contribution is 0.0779. The van der Waals surface area contributed by atoms with Gasteiger partial charge in [-0.2, -0.15) is 4.31 Å². The second kappa shape index (κ2) is 6.13. The molecule has 2 aromatic rings. The first-order chi connectivity index (χ1) is 11.6. The van der Waals surface area contributed by atoms with E-state index in [9.17, 15) is 12.8 Å². The minimum absolute atomic E-state index is 0.0184. The van der Waals surface area contributed by atoms with Crippen molar-refractivity contribution in [2.45, 2.75) is 24.2 Å². The normalized spacial score (nSPS) is 24.0. The van der Waals surface area contributed by atoms with Gasteiger partial charge in [-0.05, 0) is 24.0 Å². The number of hydrogen-bond donors (Lipinski definition) is 1. The first-order valence-corrected chi connectivity index (χ1v) is 9.85. The number of hydrogen-bond acceptors (Lipinski definition) is 3. The molecule has 1 aliphatic heterocycles. The van der Waals surface area contributed by atoms with E-state index in [0.717, 1.165) is 12.8 Å². The van der Waals surface area contributed by atoms with Crippen LogP contribution in [0.15, 0.2) is 29.3 Å². The Bertz CT molecular complexity index is 845. The molecule has 0 bridgehead atoms. The van der Waals surface area contributed by atoms with Crippen LogP contribution in [0.5, 0.6) is 0 Å². The van der Waals surface area contributed by atoms with E-state index in [-0.39, 0.29) is 16.2 Å². The highest BCUT2D eigenvalue weighted by Gasteiger charge is 2.36. The van der Waals surface area contributed by atoms with E-state index in [4.69, 9.17) is 4.74 Å². The molecule has 2 heterocycles. The number of aromatic nitrogens is 1. The van der Waals surface area contributed by atoms with Crippen molar-refractivity contribution in [1.29, 1.82) is 0 Å². The summed E-state index contributed by atoms with van der Waals surface area (Å²) >= 11 is 0. The number of rotatable bonds is 3. The fourth-order valence-corrected chi connectivity index (χ4v) is 5.33. The Labute approximate surface area is 140 Å². The van der Waals surface area contributed by atoms with Crippen LogP contribution in [0, 0.1) is 17.7 Å². The van der Waals surface area contributed by atoms with Crippen molar-refractivity contribution in [2.75, 3.05) is 26.3 Å². The maximum atomic E-state index is 14.2. The smallest absolute Gasteiger partial charge is 0.245 e. The molecule has 1 saturated carbocycles. The Kier molecular flexibility index (Phi) is 4.10. The zero-order valence-electron chi connectivity index (χ0n) is 13.4. The molecule has 2 fully saturated rings. The molecule has 7 heteroatoms. The molecule has 130 valence electrons. The summed E-state index contributed by atoms with van der Waals surface area (Å²) in [6.45, 7) is 1.76. The number of fused-ring (bicyclic) bond motifs is 1. The summed E-state index contributed by atoms with van der Waals surface area (Å²) in [4.78, 5) is 2.89. The van der Waals surface area contributed by atoms with Crippen molar-refractivity contribution in [3.05, 3.63) is 30.2 Å². The molecule has 24 heavy (non-hydrogen) atoms. The molecule has 1 aliphatic carbocycles. The molecule has 1 N–H and O–H groups in total. The van der Waals surface area contributed by atoms with E-state index >= 15 is 0 Å². The molecule has 0 radical (unpaired) electrons. The average molecular weight is 352 g/mol. The highest BCUT2D eigenvalue weighted by molar-refractivity contribution is 7.89. The second-order valence-corrected chi connectivity index (χ2v) is 8.61. The number of sulfonamides is 1. The van der Waals surface area contributed by atoms with Crippen molar-refractivity contribution >= 4 is 20.9 Å². The third kappa shape index (κ3) is 2.64. The van der Waals surface area contributed by atoms with Gasteiger partial charge >= 0.3 is 0 Å². The predicted molar refractivity (Wildman–Crippen MR) is 88.7 cm³/mol. The molecule has 2 aliphatic rings. The maximum absolute atomic E-state index is 14.2. The van der Waals surface area contributed by atoms with Gasteiger partial charge in [0.2, 0.25) is 10.0 Å². The summed E-state index contributed by atoms with van der Waals surface area (Å²) < 4.78 is 47.6. The zero-order chi connectivity index (χ0) is 16.7. The zero-order valence-corrected chi connectivity index (χ0v) is 14.2. The molecular formula is C17H21FN2O3S. The number of nitrogens with zero attached hydrogens (tertiary/aromatic N) is 1. The summed E-state index contributed by atoms with van der Waals surface area (Å²) in [7, 11) is -3.76. The van der Waals surface area contributed by atoms with Crippen molar-refractivity contribution in [2.24, 2.45) is 11.8 Å². The second-order valence-electron chi connectivity index (χ2n) is 6.70. The molecule has 4 rings (SSSR count). The summed E-state index contributed by atoms with van der Waals surface area (Å²) in [6, 6.07) is 4.54. The van der Waals surface area contributed by atoms with Crippen molar-refractivity contribution < 1.29 is 17.5 Å². The van der Waals surface area contributed by atoms with E-state index in [0.29, 0.717) is 37.7 Å². The van der Waals surface area contributed by atoms with E-state index < -0.39 is 15.8 Å². The Morgan fingerprint density at radius 3 is 2.83 bits per heavy atom. The van der Waals surface area contributed by atoms with E-state index in [1.54, 1.807) is 12.1 Å². The molecule has 1 aromatic carbocycles. The minimum Gasteiger partial charge on any atom is -0.380 e. The van der Waals surface area contributed by atoms with Gasteiger partial charge < -0.3 is 9.72 Å². The van der Waals surface area contributed by atoms with Gasteiger partial charge in [-0.25, -0.2) is 12.8 Å². The Hall–Kier alpha value is -1.44. The number of nitrogens with one attached hydrogen (secondary N) is 1. The highest BCUT2D eigenvalue weighted by Crippen LogP contribution is 2.36. The number of halogens is 1. The van der Waals surface area contributed by atoms with Gasteiger partial charge in [0.1, 0.15) is 10.7 Å². The SMILES string of the molecule is O=S(=O)(c1c[nH]c2cccc(F)c12)N1CCOCC(C2CCC2)C1. The summed E-state index contributed by atoms with van der Waals surface area (Å²) in [5.41, 5.74) is 0.496. The van der Waals surface area contributed by atoms with Gasteiger partial charge in [0.05, 0.1) is 18.6 Å². The van der Waals surface area contributed by atoms with Crippen LogP contribution in [-0.4, -0.2) is 44.0 Å². The van der Waals surface area contributed by atoms with Crippen LogP contribution in [0.1, 0.15) is 19.3 Å². The lowest BCUT2D eigenvalue weighted by Crippen LogP contribution is -2.39. The van der Waals surface area contributed by atoms with Crippen LogP contribution in [0.25, 0.3) is 10.9 Å². The minimum atomic E-state index is -3.76. The molecule has 1 saturated heterocycles. The van der Waals surface area contributed by atoms with Crippen LogP contribution in [-0.2, 0) is 14.8 Å². The maximum Gasteiger partial charge on any atom is 0.245 e. The highest BCUT2D eigenvalue weighted by atomic mass is 32.2. The van der Waals surface area contributed by atoms with Crippen molar-refractivity contribution in [3.8, 4) is 0 Å². The van der Waals surface area contributed by atoms with Gasteiger partial charge in [-0.1, -0.05) is 25.3 Å². The third-order valence-electron chi connectivity index (χ3n) is 5.31. The summed E-state index contributed by atoms with van der Waals surface area (Å²) in [6.07, 6.45) is 4.89. The lowest BCUT2D eigenvalue weighted by atomic mass is 9.76. The van der Waals surface area contributed by atoms with Gasteiger partial charge in [0, 0.05) is 24.8 Å². The summed E-state index contributed by atoms with van der Waals surface area (Å²) in [5, 5.41) is 0.142. The first-order valence-electron chi connectivity index (χ1n) is 8.41. The van der Waals surface area contributed by atoms with Gasteiger partial charge in [0.25, 0.3) is 0 Å². The van der Waals surface area contributed by atoms with E-state index in [2.05, 4.69) is 4.98 Å². The fraction of sp³-hybridized carbons (Fsp3) is 0.529. The van der Waals surface area contributed by atoms with Crippen molar-refractivity contribution in [1.82, 2.24) is 9.29 Å². The number of ether oxygens (including phenoxy) is 1. The largest absolute Gasteiger partial charge is 0.380 e.